The molecule has 2 heterocycles. The molecule has 22 heavy (non-hydrogen) atoms. The Labute approximate surface area is 126 Å². The van der Waals surface area contributed by atoms with Crippen molar-refractivity contribution in [3.63, 3.8) is 0 Å². The Bertz CT molecular complexity index is 903. The number of hydrogen-bond donors (Lipinski definition) is 0. The van der Waals surface area contributed by atoms with E-state index in [1.165, 1.54) is 0 Å². The van der Waals surface area contributed by atoms with Crippen LogP contribution >= 0.6 is 0 Å². The van der Waals surface area contributed by atoms with Crippen molar-refractivity contribution in [1.29, 1.82) is 0 Å². The van der Waals surface area contributed by atoms with Crippen LogP contribution in [-0.2, 0) is 10.0 Å². The molecule has 3 rings (SSSR count). The number of rotatable bonds is 3. The maximum absolute atomic E-state index is 12.8. The molecule has 1 aromatic carbocycles. The summed E-state index contributed by atoms with van der Waals surface area (Å²) in [4.78, 5) is 7.56. The molecular formula is C14H11FN4O2S. The van der Waals surface area contributed by atoms with Gasteiger partial charge in [0.05, 0.1) is 6.20 Å². The first-order valence-corrected chi connectivity index (χ1v) is 7.77. The first-order chi connectivity index (χ1) is 10.5. The number of halogens is 1. The standard InChI is InChI=1S/C14H11FN4O2S/c1-10-2-4-11(5-3-10)14-17-9-19(18-14)22(20,21)13-7-6-12(15)8-16-13/h2-9H,1H3. The zero-order chi connectivity index (χ0) is 15.7. The van der Waals surface area contributed by atoms with Gasteiger partial charge in [0, 0.05) is 5.56 Å². The molecule has 8 heteroatoms. The minimum absolute atomic E-state index is 0.283. The second-order valence-electron chi connectivity index (χ2n) is 4.63. The summed E-state index contributed by atoms with van der Waals surface area (Å²) in [6.07, 6.45) is 1.93. The predicted molar refractivity (Wildman–Crippen MR) is 77.0 cm³/mol. The third-order valence-electron chi connectivity index (χ3n) is 2.99. The molecule has 0 fully saturated rings. The molecule has 2 aromatic heterocycles. The van der Waals surface area contributed by atoms with Crippen LogP contribution in [0.25, 0.3) is 11.4 Å². The summed E-state index contributed by atoms with van der Waals surface area (Å²) in [5.74, 6) is -0.330. The van der Waals surface area contributed by atoms with Crippen LogP contribution in [0.1, 0.15) is 5.56 Å². The molecule has 0 saturated heterocycles. The minimum Gasteiger partial charge on any atom is -0.240 e. The quantitative estimate of drug-likeness (QED) is 0.738. The SMILES string of the molecule is Cc1ccc(-c2ncn(S(=O)(=O)c3ccc(F)cn3)n2)cc1. The molecule has 0 spiro atoms. The number of hydrogen-bond acceptors (Lipinski definition) is 5. The highest BCUT2D eigenvalue weighted by molar-refractivity contribution is 7.89. The average molecular weight is 318 g/mol. The summed E-state index contributed by atoms with van der Waals surface area (Å²) >= 11 is 0. The van der Waals surface area contributed by atoms with Gasteiger partial charge < -0.3 is 0 Å². The summed E-state index contributed by atoms with van der Waals surface area (Å²) in [7, 11) is -3.99. The molecule has 112 valence electrons. The maximum atomic E-state index is 12.8. The Kier molecular flexibility index (Phi) is 3.45. The summed E-state index contributed by atoms with van der Waals surface area (Å²) in [6.45, 7) is 1.94. The summed E-state index contributed by atoms with van der Waals surface area (Å²) in [5.41, 5.74) is 1.78. The van der Waals surface area contributed by atoms with Crippen LogP contribution in [0.2, 0.25) is 0 Å². The Morgan fingerprint density at radius 1 is 1.05 bits per heavy atom. The molecule has 0 radical (unpaired) electrons. The molecule has 6 nitrogen and oxygen atoms in total. The highest BCUT2D eigenvalue weighted by Gasteiger charge is 2.20. The van der Waals surface area contributed by atoms with Gasteiger partial charge in [-0.25, -0.2) is 14.4 Å². The fraction of sp³-hybridized carbons (Fsp3) is 0.0714. The number of aromatic nitrogens is 4. The Morgan fingerprint density at radius 3 is 2.41 bits per heavy atom. The lowest BCUT2D eigenvalue weighted by Gasteiger charge is -2.02. The zero-order valence-corrected chi connectivity index (χ0v) is 12.3. The molecule has 0 aliphatic rings. The third-order valence-corrected chi connectivity index (χ3v) is 4.43. The van der Waals surface area contributed by atoms with Crippen LogP contribution in [0, 0.1) is 12.7 Å². The van der Waals surface area contributed by atoms with Gasteiger partial charge in [0.25, 0.3) is 0 Å². The van der Waals surface area contributed by atoms with Crippen molar-refractivity contribution >= 4 is 10.0 Å². The molecule has 0 atom stereocenters. The molecule has 0 N–H and O–H groups in total. The van der Waals surface area contributed by atoms with E-state index in [0.29, 0.717) is 5.56 Å². The van der Waals surface area contributed by atoms with Crippen LogP contribution in [0.15, 0.2) is 53.9 Å². The van der Waals surface area contributed by atoms with Gasteiger partial charge in [0.1, 0.15) is 12.1 Å². The van der Waals surface area contributed by atoms with Crippen molar-refractivity contribution in [2.45, 2.75) is 11.9 Å². The van der Waals surface area contributed by atoms with Crippen molar-refractivity contribution in [2.24, 2.45) is 0 Å². The van der Waals surface area contributed by atoms with Crippen LogP contribution in [0.3, 0.4) is 0 Å². The van der Waals surface area contributed by atoms with Crippen LogP contribution in [-0.4, -0.2) is 27.6 Å². The average Bonchev–Trinajstić information content (AvgIpc) is 2.99. The van der Waals surface area contributed by atoms with E-state index in [9.17, 15) is 12.8 Å². The normalized spacial score (nSPS) is 11.5. The van der Waals surface area contributed by atoms with Gasteiger partial charge in [-0.2, -0.15) is 8.42 Å². The first kappa shape index (κ1) is 14.3. The first-order valence-electron chi connectivity index (χ1n) is 6.33. The predicted octanol–water partition coefficient (Wildman–Crippen LogP) is 2.02. The van der Waals surface area contributed by atoms with Gasteiger partial charge in [0.15, 0.2) is 10.9 Å². The van der Waals surface area contributed by atoms with E-state index in [-0.39, 0.29) is 10.9 Å². The Morgan fingerprint density at radius 2 is 1.77 bits per heavy atom. The van der Waals surface area contributed by atoms with E-state index in [0.717, 1.165) is 34.3 Å². The van der Waals surface area contributed by atoms with Crippen LogP contribution < -0.4 is 0 Å². The van der Waals surface area contributed by atoms with E-state index in [1.807, 2.05) is 19.1 Å². The molecule has 0 aliphatic heterocycles. The lowest BCUT2D eigenvalue weighted by atomic mass is 10.1. The second-order valence-corrected chi connectivity index (χ2v) is 6.37. The molecule has 0 bridgehead atoms. The lowest BCUT2D eigenvalue weighted by molar-refractivity contribution is 0.573. The fourth-order valence-electron chi connectivity index (χ4n) is 1.81. The number of nitrogens with zero attached hydrogens (tertiary/aromatic N) is 4. The summed E-state index contributed by atoms with van der Waals surface area (Å²) < 4.78 is 38.2. The number of pyridine rings is 1. The highest BCUT2D eigenvalue weighted by atomic mass is 32.2. The van der Waals surface area contributed by atoms with E-state index in [4.69, 9.17) is 0 Å². The topological polar surface area (TPSA) is 77.7 Å². The monoisotopic (exact) mass is 318 g/mol. The number of benzene rings is 1. The van der Waals surface area contributed by atoms with Gasteiger partial charge in [-0.05, 0) is 19.1 Å². The van der Waals surface area contributed by atoms with Gasteiger partial charge in [-0.3, -0.25) is 0 Å². The smallest absolute Gasteiger partial charge is 0.240 e. The van der Waals surface area contributed by atoms with E-state index in [1.54, 1.807) is 12.1 Å². The molecule has 0 unspecified atom stereocenters. The molecule has 3 aromatic rings. The Balaban J connectivity index is 1.99. The summed E-state index contributed by atoms with van der Waals surface area (Å²) in [5, 5.41) is 3.67. The van der Waals surface area contributed by atoms with Gasteiger partial charge in [0.2, 0.25) is 0 Å². The van der Waals surface area contributed by atoms with Gasteiger partial charge >= 0.3 is 10.0 Å². The largest absolute Gasteiger partial charge is 0.301 e. The fourth-order valence-corrected chi connectivity index (χ4v) is 2.78. The van der Waals surface area contributed by atoms with Crippen molar-refractivity contribution in [3.05, 3.63) is 60.3 Å². The maximum Gasteiger partial charge on any atom is 0.301 e. The molecular weight excluding hydrogens is 307 g/mol. The van der Waals surface area contributed by atoms with E-state index < -0.39 is 15.8 Å². The van der Waals surface area contributed by atoms with Crippen LogP contribution in [0.4, 0.5) is 4.39 Å². The minimum atomic E-state index is -3.99. The zero-order valence-electron chi connectivity index (χ0n) is 11.5. The number of aryl methyl sites for hydroxylation is 1. The van der Waals surface area contributed by atoms with Crippen molar-refractivity contribution in [3.8, 4) is 11.4 Å². The molecule has 0 aliphatic carbocycles. The second kappa shape index (κ2) is 5.30. The van der Waals surface area contributed by atoms with Gasteiger partial charge in [-0.1, -0.05) is 29.8 Å². The van der Waals surface area contributed by atoms with Crippen molar-refractivity contribution in [1.82, 2.24) is 19.2 Å². The van der Waals surface area contributed by atoms with Crippen molar-refractivity contribution < 1.29 is 12.8 Å². The highest BCUT2D eigenvalue weighted by Crippen LogP contribution is 2.17. The third kappa shape index (κ3) is 2.60. The lowest BCUT2D eigenvalue weighted by Crippen LogP contribution is -2.15. The van der Waals surface area contributed by atoms with Crippen LogP contribution in [0.5, 0.6) is 0 Å². The summed E-state index contributed by atoms with van der Waals surface area (Å²) in [6, 6.07) is 9.48. The molecule has 0 saturated carbocycles. The van der Waals surface area contributed by atoms with E-state index in [2.05, 4.69) is 15.1 Å². The van der Waals surface area contributed by atoms with E-state index >= 15 is 0 Å². The van der Waals surface area contributed by atoms with Crippen molar-refractivity contribution in [2.75, 3.05) is 0 Å². The molecule has 0 amide bonds. The van der Waals surface area contributed by atoms with Gasteiger partial charge in [-0.15, -0.1) is 9.19 Å². The Hall–Kier alpha value is -2.61.